The predicted molar refractivity (Wildman–Crippen MR) is 85.8 cm³/mol. The van der Waals surface area contributed by atoms with Crippen molar-refractivity contribution in [2.24, 2.45) is 0 Å². The number of rotatable bonds is 6. The van der Waals surface area contributed by atoms with E-state index >= 15 is 0 Å². The third-order valence-electron chi connectivity index (χ3n) is 4.34. The Labute approximate surface area is 132 Å². The Hall–Kier alpha value is -1.59. The number of amides is 1. The van der Waals surface area contributed by atoms with Crippen molar-refractivity contribution >= 4 is 5.91 Å². The number of aliphatic hydroxyl groups is 1. The minimum atomic E-state index is -0.284. The van der Waals surface area contributed by atoms with Crippen LogP contribution in [0, 0.1) is 0 Å². The lowest BCUT2D eigenvalue weighted by molar-refractivity contribution is -0.134. The number of nitrogens with one attached hydrogen (secondary N) is 1. The molecule has 2 N–H and O–H groups in total. The van der Waals surface area contributed by atoms with Crippen LogP contribution < -0.4 is 10.1 Å². The van der Waals surface area contributed by atoms with Gasteiger partial charge in [-0.05, 0) is 44.4 Å². The SMILES string of the molecule is COc1cccc([C@H](C)N[C@@H](C)C(=O)N2CCC[C@@H]2CO)c1. The van der Waals surface area contributed by atoms with Crippen LogP contribution in [0.3, 0.4) is 0 Å². The lowest BCUT2D eigenvalue weighted by atomic mass is 10.1. The molecule has 22 heavy (non-hydrogen) atoms. The number of benzene rings is 1. The Morgan fingerprint density at radius 2 is 2.27 bits per heavy atom. The number of hydrogen-bond donors (Lipinski definition) is 2. The second-order valence-electron chi connectivity index (χ2n) is 5.90. The molecule has 0 spiro atoms. The highest BCUT2D eigenvalue weighted by atomic mass is 16.5. The van der Waals surface area contributed by atoms with Crippen molar-refractivity contribution in [1.82, 2.24) is 10.2 Å². The van der Waals surface area contributed by atoms with Crippen LogP contribution in [0.5, 0.6) is 5.75 Å². The average Bonchev–Trinajstić information content (AvgIpc) is 3.02. The maximum absolute atomic E-state index is 12.5. The molecule has 0 radical (unpaired) electrons. The van der Waals surface area contributed by atoms with Crippen molar-refractivity contribution in [3.63, 3.8) is 0 Å². The van der Waals surface area contributed by atoms with Crippen LogP contribution in [0.25, 0.3) is 0 Å². The molecule has 1 aliphatic rings. The molecule has 1 amide bonds. The molecule has 0 saturated carbocycles. The van der Waals surface area contributed by atoms with Crippen LogP contribution in [0.1, 0.15) is 38.3 Å². The molecule has 1 fully saturated rings. The molecule has 1 aromatic rings. The van der Waals surface area contributed by atoms with E-state index in [1.165, 1.54) is 0 Å². The van der Waals surface area contributed by atoms with E-state index in [0.29, 0.717) is 0 Å². The van der Waals surface area contributed by atoms with Crippen LogP contribution in [0.15, 0.2) is 24.3 Å². The lowest BCUT2D eigenvalue weighted by Crippen LogP contribution is -2.48. The number of aliphatic hydroxyl groups excluding tert-OH is 1. The third-order valence-corrected chi connectivity index (χ3v) is 4.34. The van der Waals surface area contributed by atoms with Gasteiger partial charge in [0.25, 0.3) is 0 Å². The van der Waals surface area contributed by atoms with E-state index in [9.17, 15) is 9.90 Å². The summed E-state index contributed by atoms with van der Waals surface area (Å²) in [4.78, 5) is 14.3. The highest BCUT2D eigenvalue weighted by Crippen LogP contribution is 2.21. The molecule has 1 aliphatic heterocycles. The first kappa shape index (κ1) is 16.8. The highest BCUT2D eigenvalue weighted by Gasteiger charge is 2.31. The second-order valence-corrected chi connectivity index (χ2v) is 5.90. The summed E-state index contributed by atoms with van der Waals surface area (Å²) in [5.74, 6) is 0.872. The maximum atomic E-state index is 12.5. The van der Waals surface area contributed by atoms with E-state index in [4.69, 9.17) is 4.74 Å². The van der Waals surface area contributed by atoms with Crippen LogP contribution in [0.2, 0.25) is 0 Å². The van der Waals surface area contributed by atoms with Crippen LogP contribution in [0.4, 0.5) is 0 Å². The molecule has 1 heterocycles. The van der Waals surface area contributed by atoms with Gasteiger partial charge in [0.2, 0.25) is 5.91 Å². The molecule has 5 nitrogen and oxygen atoms in total. The van der Waals surface area contributed by atoms with Gasteiger partial charge in [-0.25, -0.2) is 0 Å². The number of methoxy groups -OCH3 is 1. The maximum Gasteiger partial charge on any atom is 0.239 e. The summed E-state index contributed by atoms with van der Waals surface area (Å²) in [6.45, 7) is 4.70. The minimum Gasteiger partial charge on any atom is -0.497 e. The van der Waals surface area contributed by atoms with E-state index in [1.807, 2.05) is 38.1 Å². The van der Waals surface area contributed by atoms with Crippen molar-refractivity contribution < 1.29 is 14.6 Å². The lowest BCUT2D eigenvalue weighted by Gasteiger charge is -2.28. The number of carbonyl (C=O) groups excluding carboxylic acids is 1. The molecule has 0 aromatic heterocycles. The monoisotopic (exact) mass is 306 g/mol. The van der Waals surface area contributed by atoms with Crippen LogP contribution in [-0.4, -0.2) is 48.3 Å². The molecule has 122 valence electrons. The van der Waals surface area contributed by atoms with Gasteiger partial charge in [-0.2, -0.15) is 0 Å². The van der Waals surface area contributed by atoms with Gasteiger partial charge in [-0.1, -0.05) is 12.1 Å². The van der Waals surface area contributed by atoms with Crippen molar-refractivity contribution in [1.29, 1.82) is 0 Å². The summed E-state index contributed by atoms with van der Waals surface area (Å²) in [6, 6.07) is 7.58. The van der Waals surface area contributed by atoms with E-state index in [1.54, 1.807) is 12.0 Å². The van der Waals surface area contributed by atoms with Crippen molar-refractivity contribution in [3.05, 3.63) is 29.8 Å². The summed E-state index contributed by atoms with van der Waals surface area (Å²) < 4.78 is 5.24. The zero-order valence-corrected chi connectivity index (χ0v) is 13.6. The number of hydrogen-bond acceptors (Lipinski definition) is 4. The van der Waals surface area contributed by atoms with Crippen LogP contribution >= 0.6 is 0 Å². The number of ether oxygens (including phenoxy) is 1. The Morgan fingerprint density at radius 1 is 1.50 bits per heavy atom. The Kier molecular flexibility index (Phi) is 5.80. The fourth-order valence-electron chi connectivity index (χ4n) is 3.02. The fourth-order valence-corrected chi connectivity index (χ4v) is 3.02. The topological polar surface area (TPSA) is 61.8 Å². The molecule has 5 heteroatoms. The first-order valence-electron chi connectivity index (χ1n) is 7.88. The molecule has 1 saturated heterocycles. The molecular weight excluding hydrogens is 280 g/mol. The van der Waals surface area contributed by atoms with Gasteiger partial charge in [0.1, 0.15) is 5.75 Å². The van der Waals surface area contributed by atoms with Gasteiger partial charge in [0.15, 0.2) is 0 Å². The molecule has 0 unspecified atom stereocenters. The Morgan fingerprint density at radius 3 is 2.95 bits per heavy atom. The summed E-state index contributed by atoms with van der Waals surface area (Å²) >= 11 is 0. The largest absolute Gasteiger partial charge is 0.497 e. The minimum absolute atomic E-state index is 0.0242. The number of carbonyl (C=O) groups is 1. The van der Waals surface area contributed by atoms with E-state index in [2.05, 4.69) is 5.32 Å². The zero-order chi connectivity index (χ0) is 16.1. The average molecular weight is 306 g/mol. The standard InChI is InChI=1S/C17H26N2O3/c1-12(14-6-4-8-16(10-14)22-3)18-13(2)17(21)19-9-5-7-15(19)11-20/h4,6,8,10,12-13,15,18,20H,5,7,9,11H2,1-3H3/t12-,13-,15+/m0/s1. The first-order chi connectivity index (χ1) is 10.6. The summed E-state index contributed by atoms with van der Waals surface area (Å²) in [7, 11) is 1.64. The third kappa shape index (κ3) is 3.78. The fraction of sp³-hybridized carbons (Fsp3) is 0.588. The molecular formula is C17H26N2O3. The van der Waals surface area contributed by atoms with Gasteiger partial charge in [0, 0.05) is 12.6 Å². The summed E-state index contributed by atoms with van der Waals surface area (Å²) in [5.41, 5.74) is 1.08. The van der Waals surface area contributed by atoms with E-state index in [-0.39, 0.29) is 30.6 Å². The molecule has 1 aromatic carbocycles. The van der Waals surface area contributed by atoms with E-state index in [0.717, 1.165) is 30.7 Å². The normalized spacial score (nSPS) is 20.7. The first-order valence-corrected chi connectivity index (χ1v) is 7.88. The van der Waals surface area contributed by atoms with Crippen LogP contribution in [-0.2, 0) is 4.79 Å². The van der Waals surface area contributed by atoms with Crippen molar-refractivity contribution in [2.75, 3.05) is 20.3 Å². The summed E-state index contributed by atoms with van der Waals surface area (Å²) in [5, 5.41) is 12.7. The molecule has 3 atom stereocenters. The van der Waals surface area contributed by atoms with Gasteiger partial charge in [0.05, 0.1) is 25.8 Å². The van der Waals surface area contributed by atoms with Gasteiger partial charge in [-0.15, -0.1) is 0 Å². The summed E-state index contributed by atoms with van der Waals surface area (Å²) in [6.07, 6.45) is 1.86. The van der Waals surface area contributed by atoms with Crippen molar-refractivity contribution in [2.45, 2.75) is 44.8 Å². The quantitative estimate of drug-likeness (QED) is 0.840. The number of likely N-dealkylation sites (tertiary alicyclic amines) is 1. The van der Waals surface area contributed by atoms with Gasteiger partial charge < -0.3 is 14.7 Å². The van der Waals surface area contributed by atoms with Gasteiger partial charge in [-0.3, -0.25) is 10.1 Å². The highest BCUT2D eigenvalue weighted by molar-refractivity contribution is 5.82. The zero-order valence-electron chi connectivity index (χ0n) is 13.6. The Balaban J connectivity index is 1.98. The smallest absolute Gasteiger partial charge is 0.239 e. The number of nitrogens with zero attached hydrogens (tertiary/aromatic N) is 1. The van der Waals surface area contributed by atoms with Crippen molar-refractivity contribution in [3.8, 4) is 5.75 Å². The van der Waals surface area contributed by atoms with Gasteiger partial charge >= 0.3 is 0 Å². The molecule has 0 bridgehead atoms. The predicted octanol–water partition coefficient (Wildman–Crippen LogP) is 1.72. The molecule has 2 rings (SSSR count). The van der Waals surface area contributed by atoms with E-state index < -0.39 is 0 Å². The molecule has 0 aliphatic carbocycles. The Bertz CT molecular complexity index is 506. The second kappa shape index (κ2) is 7.61.